The number of hydrogen-bond donors (Lipinski definition) is 4. The number of carbonyl (C=O) groups excluding carboxylic acids is 3. The van der Waals surface area contributed by atoms with E-state index in [0.717, 1.165) is 5.56 Å². The fourth-order valence-corrected chi connectivity index (χ4v) is 4.47. The molecule has 7 N–H and O–H groups in total. The van der Waals surface area contributed by atoms with Crippen LogP contribution in [0.3, 0.4) is 0 Å². The van der Waals surface area contributed by atoms with Gasteiger partial charge in [0, 0.05) is 18.6 Å². The van der Waals surface area contributed by atoms with Crippen molar-refractivity contribution in [1.82, 2.24) is 10.2 Å². The lowest BCUT2D eigenvalue weighted by atomic mass is 9.86. The summed E-state index contributed by atoms with van der Waals surface area (Å²) in [5.74, 6) is -1.83. The number of guanidine groups is 1. The topological polar surface area (TPSA) is 157 Å². The zero-order valence-electron chi connectivity index (χ0n) is 15.6. The van der Waals surface area contributed by atoms with E-state index in [0.29, 0.717) is 32.2 Å². The number of aryl methyl sites for hydroxylation is 1. The molecular formula is C19H26N6O3. The minimum atomic E-state index is -0.611. The van der Waals surface area contributed by atoms with Crippen molar-refractivity contribution < 1.29 is 14.4 Å². The van der Waals surface area contributed by atoms with Gasteiger partial charge in [0.15, 0.2) is 5.96 Å². The van der Waals surface area contributed by atoms with Crippen molar-refractivity contribution in [2.45, 2.75) is 37.8 Å². The number of nitrogens with one attached hydrogen (secondary N) is 1. The van der Waals surface area contributed by atoms with Gasteiger partial charge >= 0.3 is 6.03 Å². The minimum Gasteiger partial charge on any atom is -0.370 e. The maximum atomic E-state index is 12.5. The molecular weight excluding hydrogens is 360 g/mol. The van der Waals surface area contributed by atoms with Crippen LogP contribution in [0.1, 0.15) is 24.8 Å². The van der Waals surface area contributed by atoms with Crippen LogP contribution in [0.25, 0.3) is 0 Å². The smallest absolute Gasteiger partial charge is 0.315 e. The van der Waals surface area contributed by atoms with E-state index in [1.54, 1.807) is 0 Å². The van der Waals surface area contributed by atoms with E-state index in [1.807, 2.05) is 30.3 Å². The minimum absolute atomic E-state index is 0.00872. The molecule has 0 bridgehead atoms. The molecule has 2 saturated heterocycles. The molecule has 0 spiro atoms. The van der Waals surface area contributed by atoms with Gasteiger partial charge in [0.1, 0.15) is 0 Å². The predicted molar refractivity (Wildman–Crippen MR) is 104 cm³/mol. The number of fused-ring (bicyclic) bond motifs is 1. The molecule has 1 aromatic rings. The first-order chi connectivity index (χ1) is 13.4. The molecule has 2 heterocycles. The molecule has 0 aliphatic carbocycles. The van der Waals surface area contributed by atoms with E-state index < -0.39 is 30.0 Å². The Bertz CT molecular complexity index is 777. The number of aliphatic imine (C=N–C) groups is 1. The zero-order chi connectivity index (χ0) is 20.3. The summed E-state index contributed by atoms with van der Waals surface area (Å²) in [4.78, 5) is 42.6. The third-order valence-electron chi connectivity index (χ3n) is 5.56. The number of benzene rings is 1. The Hall–Kier alpha value is -3.10. The third-order valence-corrected chi connectivity index (χ3v) is 5.56. The summed E-state index contributed by atoms with van der Waals surface area (Å²) < 4.78 is 0. The van der Waals surface area contributed by atoms with Crippen LogP contribution >= 0.6 is 0 Å². The second-order valence-corrected chi connectivity index (χ2v) is 7.26. The van der Waals surface area contributed by atoms with Crippen molar-refractivity contribution in [3.63, 3.8) is 0 Å². The fraction of sp³-hybridized carbons (Fsp3) is 0.474. The molecule has 28 heavy (non-hydrogen) atoms. The van der Waals surface area contributed by atoms with Crippen molar-refractivity contribution in [2.24, 2.45) is 34.0 Å². The van der Waals surface area contributed by atoms with Crippen LogP contribution in [-0.4, -0.2) is 47.3 Å². The molecule has 3 rings (SSSR count). The number of rotatable bonds is 7. The van der Waals surface area contributed by atoms with Gasteiger partial charge in [0.2, 0.25) is 11.8 Å². The molecule has 2 fully saturated rings. The van der Waals surface area contributed by atoms with Crippen molar-refractivity contribution in [1.29, 1.82) is 0 Å². The SMILES string of the molecule is NC(=O)N1C(CCCN=C(N)N)C2C(=O)NC(=O)C2C1CCc1ccccc1. The van der Waals surface area contributed by atoms with Crippen molar-refractivity contribution in [3.05, 3.63) is 35.9 Å². The van der Waals surface area contributed by atoms with Gasteiger partial charge in [-0.2, -0.15) is 0 Å². The second kappa shape index (κ2) is 8.28. The average molecular weight is 386 g/mol. The van der Waals surface area contributed by atoms with Gasteiger partial charge in [-0.15, -0.1) is 0 Å². The van der Waals surface area contributed by atoms with Crippen LogP contribution in [-0.2, 0) is 16.0 Å². The maximum Gasteiger partial charge on any atom is 0.315 e. The molecule has 4 amide bonds. The molecule has 0 radical (unpaired) electrons. The molecule has 2 aliphatic rings. The summed E-state index contributed by atoms with van der Waals surface area (Å²) >= 11 is 0. The molecule has 9 heteroatoms. The van der Waals surface area contributed by atoms with E-state index in [2.05, 4.69) is 10.3 Å². The number of carbonyl (C=O) groups is 3. The summed E-state index contributed by atoms with van der Waals surface area (Å²) in [5, 5.41) is 2.42. The van der Waals surface area contributed by atoms with Crippen molar-refractivity contribution >= 4 is 23.8 Å². The number of hydrogen-bond acceptors (Lipinski definition) is 4. The van der Waals surface area contributed by atoms with E-state index in [9.17, 15) is 14.4 Å². The zero-order valence-corrected chi connectivity index (χ0v) is 15.6. The van der Waals surface area contributed by atoms with Crippen LogP contribution < -0.4 is 22.5 Å². The van der Waals surface area contributed by atoms with Crippen LogP contribution in [0.4, 0.5) is 4.79 Å². The first-order valence-electron chi connectivity index (χ1n) is 9.42. The number of likely N-dealkylation sites (tertiary alicyclic amines) is 1. The Labute approximate surface area is 163 Å². The summed E-state index contributed by atoms with van der Waals surface area (Å²) in [6.07, 6.45) is 2.30. The van der Waals surface area contributed by atoms with Gasteiger partial charge < -0.3 is 22.1 Å². The van der Waals surface area contributed by atoms with Gasteiger partial charge in [-0.25, -0.2) is 4.79 Å². The standard InChI is InChI=1S/C19H26N6O3/c20-18(21)23-10-4-7-12-14-15(17(27)24-16(14)26)13(25(12)19(22)28)9-8-11-5-2-1-3-6-11/h1-3,5-6,12-15H,4,7-10H2,(H2,22,28)(H4,20,21,23)(H,24,26,27). The predicted octanol–water partition coefficient (Wildman–Crippen LogP) is -0.307. The van der Waals surface area contributed by atoms with E-state index in [-0.39, 0.29) is 17.8 Å². The number of nitrogens with zero attached hydrogens (tertiary/aromatic N) is 2. The highest BCUT2D eigenvalue weighted by Gasteiger charge is 2.59. The van der Waals surface area contributed by atoms with E-state index in [4.69, 9.17) is 17.2 Å². The Morgan fingerprint density at radius 2 is 1.61 bits per heavy atom. The molecule has 2 aliphatic heterocycles. The number of urea groups is 1. The van der Waals surface area contributed by atoms with Gasteiger partial charge in [0.05, 0.1) is 11.8 Å². The fourth-order valence-electron chi connectivity index (χ4n) is 4.47. The number of nitrogens with two attached hydrogens (primary N) is 3. The summed E-state index contributed by atoms with van der Waals surface area (Å²) in [6, 6.07) is 8.33. The average Bonchev–Trinajstić information content (AvgIpc) is 3.13. The van der Waals surface area contributed by atoms with Crippen LogP contribution in [0.2, 0.25) is 0 Å². The Morgan fingerprint density at radius 3 is 2.18 bits per heavy atom. The third kappa shape index (κ3) is 3.92. The highest BCUT2D eigenvalue weighted by molar-refractivity contribution is 6.06. The van der Waals surface area contributed by atoms with Gasteiger partial charge in [-0.3, -0.25) is 19.9 Å². The van der Waals surface area contributed by atoms with Crippen molar-refractivity contribution in [2.75, 3.05) is 6.54 Å². The molecule has 4 atom stereocenters. The number of primary amides is 1. The summed E-state index contributed by atoms with van der Waals surface area (Å²) in [7, 11) is 0. The molecule has 9 nitrogen and oxygen atoms in total. The summed E-state index contributed by atoms with van der Waals surface area (Å²) in [5.41, 5.74) is 17.5. The van der Waals surface area contributed by atoms with Gasteiger partial charge in [0.25, 0.3) is 0 Å². The van der Waals surface area contributed by atoms with Crippen LogP contribution in [0.15, 0.2) is 35.3 Å². The van der Waals surface area contributed by atoms with Crippen LogP contribution in [0.5, 0.6) is 0 Å². The normalized spacial score (nSPS) is 26.1. The lowest BCUT2D eigenvalue weighted by Gasteiger charge is -2.31. The number of amides is 4. The lowest BCUT2D eigenvalue weighted by molar-refractivity contribution is -0.127. The van der Waals surface area contributed by atoms with Gasteiger partial charge in [-0.1, -0.05) is 30.3 Å². The van der Waals surface area contributed by atoms with Gasteiger partial charge in [-0.05, 0) is 31.2 Å². The first kappa shape index (κ1) is 19.7. The number of imide groups is 1. The quantitative estimate of drug-likeness (QED) is 0.219. The Balaban J connectivity index is 1.80. The monoisotopic (exact) mass is 386 g/mol. The lowest BCUT2D eigenvalue weighted by Crippen LogP contribution is -2.49. The highest BCUT2D eigenvalue weighted by atomic mass is 16.2. The van der Waals surface area contributed by atoms with E-state index >= 15 is 0 Å². The Kier molecular flexibility index (Phi) is 5.81. The highest BCUT2D eigenvalue weighted by Crippen LogP contribution is 2.42. The first-order valence-corrected chi connectivity index (χ1v) is 9.42. The van der Waals surface area contributed by atoms with Crippen LogP contribution in [0, 0.1) is 11.8 Å². The Morgan fingerprint density at radius 1 is 1.00 bits per heavy atom. The summed E-state index contributed by atoms with van der Waals surface area (Å²) in [6.45, 7) is 0.382. The molecule has 1 aromatic carbocycles. The molecule has 4 unspecified atom stereocenters. The second-order valence-electron chi connectivity index (χ2n) is 7.26. The molecule has 0 aromatic heterocycles. The van der Waals surface area contributed by atoms with E-state index in [1.165, 1.54) is 4.90 Å². The maximum absolute atomic E-state index is 12.5. The van der Waals surface area contributed by atoms with Crippen molar-refractivity contribution in [3.8, 4) is 0 Å². The molecule has 150 valence electrons. The largest absolute Gasteiger partial charge is 0.370 e. The molecule has 0 saturated carbocycles.